The van der Waals surface area contributed by atoms with Crippen LogP contribution in [0.3, 0.4) is 0 Å². The second-order valence-electron chi connectivity index (χ2n) is 10.5. The fourth-order valence-corrected chi connectivity index (χ4v) is 7.09. The van der Waals surface area contributed by atoms with E-state index in [1.807, 2.05) is 72.8 Å². The van der Waals surface area contributed by atoms with E-state index in [1.54, 1.807) is 6.08 Å². The van der Waals surface area contributed by atoms with Crippen LogP contribution in [-0.4, -0.2) is 33.6 Å². The Bertz CT molecular complexity index is 1900. The first-order valence-electron chi connectivity index (χ1n) is 14.7. The topological polar surface area (TPSA) is 92.6 Å². The number of nitrogens with zero attached hydrogens (tertiary/aromatic N) is 3. The van der Waals surface area contributed by atoms with Crippen molar-refractivity contribution in [2.45, 2.75) is 35.9 Å². The molecule has 0 saturated carbocycles. The Morgan fingerprint density at radius 1 is 1.00 bits per heavy atom. The molecular formula is C36H31N3O4S2. The Kier molecular flexibility index (Phi) is 9.38. The molecule has 1 aliphatic heterocycles. The SMILES string of the molecule is CCCCOc1cccc(C2C(C(=O)C=Cc3ccccc3)=C(O)C(=O)N2c2nnc(SCc3cccc4ccccc34)s2)c1. The zero-order valence-electron chi connectivity index (χ0n) is 24.6. The van der Waals surface area contributed by atoms with Crippen LogP contribution >= 0.6 is 23.1 Å². The number of aliphatic hydroxyl groups excluding tert-OH is 1. The number of ether oxygens (including phenoxy) is 1. The van der Waals surface area contributed by atoms with Crippen molar-refractivity contribution in [1.29, 1.82) is 0 Å². The van der Waals surface area contributed by atoms with Crippen LogP contribution < -0.4 is 9.64 Å². The van der Waals surface area contributed by atoms with Gasteiger partial charge in [-0.1, -0.05) is 127 Å². The maximum Gasteiger partial charge on any atom is 0.296 e. The number of allylic oxidation sites excluding steroid dienone is 1. The monoisotopic (exact) mass is 633 g/mol. The number of anilines is 1. The summed E-state index contributed by atoms with van der Waals surface area (Å²) in [6, 6.07) is 30.2. The van der Waals surface area contributed by atoms with Gasteiger partial charge in [-0.3, -0.25) is 14.5 Å². The van der Waals surface area contributed by atoms with Crippen LogP contribution in [0.25, 0.3) is 16.8 Å². The number of amides is 1. The lowest BCUT2D eigenvalue weighted by Gasteiger charge is -2.24. The summed E-state index contributed by atoms with van der Waals surface area (Å²) in [5.41, 5.74) is 2.60. The number of unbranched alkanes of at least 4 members (excludes halogenated alkanes) is 1. The molecule has 1 aromatic heterocycles. The number of ketones is 1. The third-order valence-electron chi connectivity index (χ3n) is 7.47. The van der Waals surface area contributed by atoms with Crippen LogP contribution in [0.4, 0.5) is 5.13 Å². The van der Waals surface area contributed by atoms with Crippen molar-refractivity contribution in [3.05, 3.63) is 131 Å². The predicted molar refractivity (Wildman–Crippen MR) is 181 cm³/mol. The summed E-state index contributed by atoms with van der Waals surface area (Å²) in [7, 11) is 0. The van der Waals surface area contributed by atoms with Crippen LogP contribution in [0.2, 0.25) is 0 Å². The summed E-state index contributed by atoms with van der Waals surface area (Å²) < 4.78 is 6.61. The number of thioether (sulfide) groups is 1. The highest BCUT2D eigenvalue weighted by molar-refractivity contribution is 8.00. The number of benzene rings is 4. The van der Waals surface area contributed by atoms with Crippen molar-refractivity contribution in [2.24, 2.45) is 0 Å². The van der Waals surface area contributed by atoms with Crippen molar-refractivity contribution in [2.75, 3.05) is 11.5 Å². The molecule has 2 heterocycles. The van der Waals surface area contributed by atoms with Crippen molar-refractivity contribution >= 4 is 56.8 Å². The molecule has 1 N–H and O–H groups in total. The Hall–Kier alpha value is -4.73. The highest BCUT2D eigenvalue weighted by Gasteiger charge is 2.45. The number of carbonyl (C=O) groups is 2. The molecule has 0 spiro atoms. The van der Waals surface area contributed by atoms with E-state index in [2.05, 4.69) is 41.4 Å². The van der Waals surface area contributed by atoms with E-state index in [1.165, 1.54) is 50.4 Å². The third-order valence-corrected chi connectivity index (χ3v) is 9.58. The minimum atomic E-state index is -0.913. The maximum atomic E-state index is 13.7. The molecule has 0 radical (unpaired) electrons. The van der Waals surface area contributed by atoms with E-state index in [0.717, 1.165) is 18.4 Å². The summed E-state index contributed by atoms with van der Waals surface area (Å²) in [5, 5.41) is 22.5. The summed E-state index contributed by atoms with van der Waals surface area (Å²) in [6.45, 7) is 2.64. The van der Waals surface area contributed by atoms with Gasteiger partial charge < -0.3 is 9.84 Å². The van der Waals surface area contributed by atoms with E-state index >= 15 is 0 Å². The largest absolute Gasteiger partial charge is 0.503 e. The Balaban J connectivity index is 1.31. The molecule has 6 rings (SSSR count). The minimum absolute atomic E-state index is 0.0157. The first-order valence-corrected chi connectivity index (χ1v) is 16.5. The van der Waals surface area contributed by atoms with Crippen molar-refractivity contribution in [3.63, 3.8) is 0 Å². The first-order chi connectivity index (χ1) is 22.0. The van der Waals surface area contributed by atoms with Crippen molar-refractivity contribution in [1.82, 2.24) is 10.2 Å². The molecule has 4 aromatic carbocycles. The molecule has 0 fully saturated rings. The first kappa shape index (κ1) is 30.3. The fraction of sp³-hybridized carbons (Fsp3) is 0.167. The molecular weight excluding hydrogens is 603 g/mol. The van der Waals surface area contributed by atoms with Crippen molar-refractivity contribution < 1.29 is 19.4 Å². The van der Waals surface area contributed by atoms with Gasteiger partial charge in [0, 0.05) is 5.75 Å². The van der Waals surface area contributed by atoms with Crippen molar-refractivity contribution in [3.8, 4) is 5.75 Å². The lowest BCUT2D eigenvalue weighted by molar-refractivity contribution is -0.117. The van der Waals surface area contributed by atoms with Gasteiger partial charge >= 0.3 is 0 Å². The number of aromatic nitrogens is 2. The lowest BCUT2D eigenvalue weighted by atomic mass is 9.95. The number of hydrogen-bond acceptors (Lipinski definition) is 8. The molecule has 0 saturated heterocycles. The molecule has 9 heteroatoms. The van der Waals surface area contributed by atoms with Crippen LogP contribution in [0.15, 0.2) is 119 Å². The lowest BCUT2D eigenvalue weighted by Crippen LogP contribution is -2.30. The molecule has 1 atom stereocenters. The average molecular weight is 634 g/mol. The second-order valence-corrected chi connectivity index (χ2v) is 12.7. The molecule has 7 nitrogen and oxygen atoms in total. The second kappa shape index (κ2) is 13.9. The van der Waals surface area contributed by atoms with Gasteiger partial charge in [0.15, 0.2) is 15.9 Å². The van der Waals surface area contributed by atoms with Gasteiger partial charge in [0.1, 0.15) is 5.75 Å². The fourth-order valence-electron chi connectivity index (χ4n) is 5.22. The molecule has 226 valence electrons. The van der Waals surface area contributed by atoms with Gasteiger partial charge in [-0.15, -0.1) is 10.2 Å². The maximum absolute atomic E-state index is 13.7. The smallest absolute Gasteiger partial charge is 0.296 e. The minimum Gasteiger partial charge on any atom is -0.503 e. The molecule has 45 heavy (non-hydrogen) atoms. The summed E-state index contributed by atoms with van der Waals surface area (Å²) >= 11 is 2.78. The molecule has 0 aliphatic carbocycles. The Morgan fingerprint density at radius 2 is 1.78 bits per heavy atom. The van der Waals surface area contributed by atoms with E-state index < -0.39 is 23.5 Å². The number of hydrogen-bond donors (Lipinski definition) is 1. The van der Waals surface area contributed by atoms with E-state index in [0.29, 0.717) is 33.1 Å². The third kappa shape index (κ3) is 6.69. The molecule has 1 amide bonds. The Morgan fingerprint density at radius 3 is 2.62 bits per heavy atom. The number of fused-ring (bicyclic) bond motifs is 1. The van der Waals surface area contributed by atoms with Gasteiger partial charge in [-0.25, -0.2) is 0 Å². The number of aliphatic hydroxyl groups is 1. The normalized spacial score (nSPS) is 15.0. The summed E-state index contributed by atoms with van der Waals surface area (Å²) in [4.78, 5) is 28.7. The van der Waals surface area contributed by atoms with E-state index in [4.69, 9.17) is 4.74 Å². The van der Waals surface area contributed by atoms with Gasteiger partial charge in [-0.05, 0) is 52.1 Å². The molecule has 5 aromatic rings. The molecule has 1 unspecified atom stereocenters. The summed E-state index contributed by atoms with van der Waals surface area (Å²) in [5.74, 6) is -0.475. The molecule has 0 bridgehead atoms. The highest BCUT2D eigenvalue weighted by atomic mass is 32.2. The number of carbonyl (C=O) groups excluding carboxylic acids is 2. The van der Waals surface area contributed by atoms with Gasteiger partial charge in [-0.2, -0.15) is 0 Å². The van der Waals surface area contributed by atoms with Gasteiger partial charge in [0.2, 0.25) is 5.13 Å². The zero-order valence-corrected chi connectivity index (χ0v) is 26.3. The predicted octanol–water partition coefficient (Wildman–Crippen LogP) is 8.35. The highest BCUT2D eigenvalue weighted by Crippen LogP contribution is 2.44. The van der Waals surface area contributed by atoms with Gasteiger partial charge in [0.25, 0.3) is 5.91 Å². The average Bonchev–Trinajstić information content (AvgIpc) is 3.65. The van der Waals surface area contributed by atoms with Crippen LogP contribution in [0.1, 0.15) is 42.5 Å². The Labute approximate surface area is 269 Å². The quantitative estimate of drug-likeness (QED) is 0.0639. The number of rotatable bonds is 12. The van der Waals surface area contributed by atoms with Crippen LogP contribution in [0, 0.1) is 0 Å². The zero-order chi connectivity index (χ0) is 31.2. The standard InChI is InChI=1S/C36H31N3O4S2/c1-2-3-21-43-28-17-10-15-26(22-28)32-31(30(40)20-19-24-11-5-4-6-12-24)33(41)34(42)39(32)35-37-38-36(45-35)44-23-27-16-9-14-25-13-7-8-18-29(25)27/h4-20,22,32,41H,2-3,21,23H2,1H3. The van der Waals surface area contributed by atoms with Crippen LogP contribution in [-0.2, 0) is 15.3 Å². The van der Waals surface area contributed by atoms with E-state index in [-0.39, 0.29) is 5.57 Å². The van der Waals surface area contributed by atoms with Crippen LogP contribution in [0.5, 0.6) is 5.75 Å². The van der Waals surface area contributed by atoms with E-state index in [9.17, 15) is 14.7 Å². The summed E-state index contributed by atoms with van der Waals surface area (Å²) in [6.07, 6.45) is 4.95. The van der Waals surface area contributed by atoms with Gasteiger partial charge in [0.05, 0.1) is 18.2 Å². The molecule has 1 aliphatic rings.